The molecule has 0 aliphatic heterocycles. The Bertz CT molecular complexity index is 621. The quantitative estimate of drug-likeness (QED) is 0.847. The van der Waals surface area contributed by atoms with Crippen LogP contribution in [0.25, 0.3) is 0 Å². The summed E-state index contributed by atoms with van der Waals surface area (Å²) in [5.74, 6) is 0.628. The van der Waals surface area contributed by atoms with Gasteiger partial charge in [0.15, 0.2) is 0 Å². The molecule has 0 bridgehead atoms. The zero-order valence-corrected chi connectivity index (χ0v) is 12.9. The van der Waals surface area contributed by atoms with E-state index in [1.54, 1.807) is 12.4 Å². The van der Waals surface area contributed by atoms with Gasteiger partial charge in [0.25, 0.3) is 0 Å². The van der Waals surface area contributed by atoms with Crippen LogP contribution in [0.15, 0.2) is 41.1 Å². The van der Waals surface area contributed by atoms with Crippen molar-refractivity contribution < 1.29 is 4.74 Å². The lowest BCUT2D eigenvalue weighted by Crippen LogP contribution is -2.11. The lowest BCUT2D eigenvalue weighted by molar-refractivity contribution is 0.305. The fraction of sp³-hybridized carbons (Fsp3) is 0.0769. The third kappa shape index (κ3) is 3.65. The van der Waals surface area contributed by atoms with Gasteiger partial charge in [0.2, 0.25) is 0 Å². The van der Waals surface area contributed by atoms with Crippen molar-refractivity contribution in [3.05, 3.63) is 57.3 Å². The average molecular weight is 358 g/mol. The molecule has 0 saturated heterocycles. The summed E-state index contributed by atoms with van der Waals surface area (Å²) < 4.78 is 6.61. The van der Waals surface area contributed by atoms with Crippen molar-refractivity contribution in [2.24, 2.45) is 5.73 Å². The van der Waals surface area contributed by atoms with Gasteiger partial charge in [-0.15, -0.1) is 0 Å². The number of hydrogen-bond donors (Lipinski definition) is 1. The van der Waals surface area contributed by atoms with Crippen LogP contribution in [0, 0.1) is 0 Å². The monoisotopic (exact) mass is 356 g/mol. The van der Waals surface area contributed by atoms with Crippen molar-refractivity contribution in [2.75, 3.05) is 0 Å². The third-order valence-corrected chi connectivity index (χ3v) is 3.50. The van der Waals surface area contributed by atoms with Crippen LogP contribution in [0.1, 0.15) is 11.1 Å². The molecule has 0 saturated carbocycles. The first-order valence-corrected chi connectivity index (χ1v) is 6.96. The summed E-state index contributed by atoms with van der Waals surface area (Å²) in [6.07, 6.45) is 3.25. The maximum absolute atomic E-state index is 6.02. The molecule has 2 rings (SSSR count). The van der Waals surface area contributed by atoms with Crippen LogP contribution in [0.2, 0.25) is 5.02 Å². The van der Waals surface area contributed by atoms with Gasteiger partial charge >= 0.3 is 0 Å². The zero-order valence-electron chi connectivity index (χ0n) is 9.77. The van der Waals surface area contributed by atoms with Gasteiger partial charge in [0, 0.05) is 22.4 Å². The van der Waals surface area contributed by atoms with Gasteiger partial charge in [0.1, 0.15) is 17.3 Å². The maximum atomic E-state index is 6.02. The Hall–Kier alpha value is -1.17. The SMILES string of the molecule is NC(=S)c1cc(Br)ccc1OCc1ccncc1Cl. The molecule has 0 aliphatic carbocycles. The summed E-state index contributed by atoms with van der Waals surface area (Å²) >= 11 is 14.4. The lowest BCUT2D eigenvalue weighted by Gasteiger charge is -2.11. The molecule has 3 nitrogen and oxygen atoms in total. The van der Waals surface area contributed by atoms with Gasteiger partial charge in [-0.25, -0.2) is 0 Å². The summed E-state index contributed by atoms with van der Waals surface area (Å²) in [6.45, 7) is 0.332. The fourth-order valence-corrected chi connectivity index (χ4v) is 2.19. The Labute approximate surface area is 129 Å². The first kappa shape index (κ1) is 14.2. The predicted molar refractivity (Wildman–Crippen MR) is 83.6 cm³/mol. The molecule has 0 spiro atoms. The Balaban J connectivity index is 2.20. The minimum Gasteiger partial charge on any atom is -0.488 e. The highest BCUT2D eigenvalue weighted by atomic mass is 79.9. The second-order valence-electron chi connectivity index (χ2n) is 3.76. The van der Waals surface area contributed by atoms with E-state index in [0.717, 1.165) is 10.0 Å². The van der Waals surface area contributed by atoms with Crippen molar-refractivity contribution >= 4 is 44.7 Å². The van der Waals surface area contributed by atoms with E-state index in [9.17, 15) is 0 Å². The summed E-state index contributed by atoms with van der Waals surface area (Å²) in [6, 6.07) is 7.31. The minimum atomic E-state index is 0.289. The molecule has 0 fully saturated rings. The Morgan fingerprint density at radius 3 is 2.89 bits per heavy atom. The van der Waals surface area contributed by atoms with Crippen LogP contribution in [0.5, 0.6) is 5.75 Å². The van der Waals surface area contributed by atoms with E-state index in [1.165, 1.54) is 0 Å². The van der Waals surface area contributed by atoms with Crippen molar-refractivity contribution in [1.82, 2.24) is 4.98 Å². The third-order valence-electron chi connectivity index (χ3n) is 2.45. The Kier molecular flexibility index (Phi) is 4.74. The van der Waals surface area contributed by atoms with Crippen molar-refractivity contribution in [2.45, 2.75) is 6.61 Å². The molecule has 2 aromatic rings. The summed E-state index contributed by atoms with van der Waals surface area (Å²) in [7, 11) is 0. The molecule has 1 aromatic carbocycles. The number of hydrogen-bond acceptors (Lipinski definition) is 3. The number of nitrogens with zero attached hydrogens (tertiary/aromatic N) is 1. The van der Waals surface area contributed by atoms with E-state index < -0.39 is 0 Å². The highest BCUT2D eigenvalue weighted by Crippen LogP contribution is 2.25. The largest absolute Gasteiger partial charge is 0.488 e. The molecule has 0 amide bonds. The number of rotatable bonds is 4. The molecule has 2 N–H and O–H groups in total. The van der Waals surface area contributed by atoms with Gasteiger partial charge < -0.3 is 10.5 Å². The molecule has 0 unspecified atom stereocenters. The number of benzene rings is 1. The minimum absolute atomic E-state index is 0.289. The molecular weight excluding hydrogens is 348 g/mol. The molecule has 98 valence electrons. The molecule has 0 radical (unpaired) electrons. The van der Waals surface area contributed by atoms with Gasteiger partial charge in [-0.2, -0.15) is 0 Å². The van der Waals surface area contributed by atoms with Crippen LogP contribution >= 0.6 is 39.7 Å². The van der Waals surface area contributed by atoms with E-state index in [0.29, 0.717) is 22.9 Å². The standard InChI is InChI=1S/C13H10BrClN2OS/c14-9-1-2-12(10(5-9)13(16)19)18-7-8-3-4-17-6-11(8)15/h1-6H,7H2,(H2,16,19). The number of aromatic nitrogens is 1. The molecule has 1 heterocycles. The Morgan fingerprint density at radius 2 is 2.21 bits per heavy atom. The van der Waals surface area contributed by atoms with E-state index in [1.807, 2.05) is 24.3 Å². The fourth-order valence-electron chi connectivity index (χ4n) is 1.50. The summed E-state index contributed by atoms with van der Waals surface area (Å²) in [5.41, 5.74) is 7.22. The van der Waals surface area contributed by atoms with Crippen molar-refractivity contribution in [1.29, 1.82) is 0 Å². The number of ether oxygens (including phenoxy) is 1. The maximum Gasteiger partial charge on any atom is 0.130 e. The van der Waals surface area contributed by atoms with Crippen molar-refractivity contribution in [3.63, 3.8) is 0 Å². The van der Waals surface area contributed by atoms with Crippen LogP contribution in [-0.2, 0) is 6.61 Å². The number of halogens is 2. The molecule has 1 aromatic heterocycles. The zero-order chi connectivity index (χ0) is 13.8. The normalized spacial score (nSPS) is 10.2. The van der Waals surface area contributed by atoms with Crippen molar-refractivity contribution in [3.8, 4) is 5.75 Å². The molecule has 0 atom stereocenters. The van der Waals surface area contributed by atoms with E-state index in [-0.39, 0.29) is 4.99 Å². The lowest BCUT2D eigenvalue weighted by atomic mass is 10.2. The second kappa shape index (κ2) is 6.32. The van der Waals surface area contributed by atoms with Crippen LogP contribution in [0.4, 0.5) is 0 Å². The topological polar surface area (TPSA) is 48.1 Å². The number of pyridine rings is 1. The first-order chi connectivity index (χ1) is 9.08. The number of nitrogens with two attached hydrogens (primary N) is 1. The van der Waals surface area contributed by atoms with E-state index >= 15 is 0 Å². The first-order valence-electron chi connectivity index (χ1n) is 5.38. The van der Waals surface area contributed by atoms with Gasteiger partial charge in [-0.3, -0.25) is 4.98 Å². The van der Waals surface area contributed by atoms with Gasteiger partial charge in [0.05, 0.1) is 10.6 Å². The summed E-state index contributed by atoms with van der Waals surface area (Å²) in [4.78, 5) is 4.21. The Morgan fingerprint density at radius 1 is 1.42 bits per heavy atom. The summed E-state index contributed by atoms with van der Waals surface area (Å²) in [5, 5.41) is 0.566. The van der Waals surface area contributed by atoms with Gasteiger partial charge in [-0.05, 0) is 24.3 Å². The smallest absolute Gasteiger partial charge is 0.130 e. The molecule has 6 heteroatoms. The predicted octanol–water partition coefficient (Wildman–Crippen LogP) is 3.71. The van der Waals surface area contributed by atoms with Gasteiger partial charge in [-0.1, -0.05) is 39.7 Å². The van der Waals surface area contributed by atoms with Crippen LogP contribution in [0.3, 0.4) is 0 Å². The second-order valence-corrected chi connectivity index (χ2v) is 5.52. The molecule has 0 aliphatic rings. The van der Waals surface area contributed by atoms with E-state index in [4.69, 9.17) is 34.3 Å². The molecular formula is C13H10BrClN2OS. The van der Waals surface area contributed by atoms with E-state index in [2.05, 4.69) is 20.9 Å². The average Bonchev–Trinajstić information content (AvgIpc) is 2.38. The van der Waals surface area contributed by atoms with Crippen LogP contribution < -0.4 is 10.5 Å². The highest BCUT2D eigenvalue weighted by molar-refractivity contribution is 9.10. The van der Waals surface area contributed by atoms with Crippen LogP contribution in [-0.4, -0.2) is 9.97 Å². The highest BCUT2D eigenvalue weighted by Gasteiger charge is 2.08. The molecule has 19 heavy (non-hydrogen) atoms. The number of thiocarbonyl (C=S) groups is 1.